The first-order valence-electron chi connectivity index (χ1n) is 10.0. The number of anilines is 1. The van der Waals surface area contributed by atoms with E-state index in [-0.39, 0.29) is 12.1 Å². The molecule has 4 heteroatoms. The lowest BCUT2D eigenvalue weighted by Crippen LogP contribution is -2.44. The summed E-state index contributed by atoms with van der Waals surface area (Å²) in [7, 11) is 0. The molecule has 138 valence electrons. The Morgan fingerprint density at radius 2 is 2.00 bits per heavy atom. The zero-order valence-electron chi connectivity index (χ0n) is 15.9. The van der Waals surface area contributed by atoms with E-state index in [1.54, 1.807) is 0 Å². The number of urea groups is 1. The smallest absolute Gasteiger partial charge is 0.322 e. The number of carbonyl (C=O) groups is 1. The summed E-state index contributed by atoms with van der Waals surface area (Å²) < 4.78 is 2.37. The van der Waals surface area contributed by atoms with E-state index in [0.29, 0.717) is 0 Å². The van der Waals surface area contributed by atoms with E-state index < -0.39 is 0 Å². The number of rotatable bonds is 3. The first kappa shape index (κ1) is 17.2. The highest BCUT2D eigenvalue weighted by molar-refractivity contribution is 5.90. The average molecular weight is 351 g/mol. The van der Waals surface area contributed by atoms with Crippen LogP contribution in [0.5, 0.6) is 0 Å². The van der Waals surface area contributed by atoms with Crippen molar-refractivity contribution in [2.24, 2.45) is 0 Å². The highest BCUT2D eigenvalue weighted by Gasteiger charge is 2.31. The number of fused-ring (bicyclic) bond motifs is 2. The van der Waals surface area contributed by atoms with Crippen LogP contribution in [0.2, 0.25) is 0 Å². The van der Waals surface area contributed by atoms with Crippen molar-refractivity contribution in [1.82, 2.24) is 9.47 Å². The number of amides is 2. The molecule has 0 radical (unpaired) electrons. The van der Waals surface area contributed by atoms with Crippen LogP contribution in [0.15, 0.2) is 30.3 Å². The monoisotopic (exact) mass is 351 g/mol. The minimum atomic E-state index is 0.0486. The average Bonchev–Trinajstić information content (AvgIpc) is 3.04. The molecule has 0 fully saturated rings. The maximum Gasteiger partial charge on any atom is 0.322 e. The number of hydrogen-bond acceptors (Lipinski definition) is 1. The third-order valence-electron chi connectivity index (χ3n) is 5.98. The van der Waals surface area contributed by atoms with Crippen LogP contribution in [0.25, 0.3) is 0 Å². The van der Waals surface area contributed by atoms with Crippen LogP contribution in [-0.2, 0) is 19.4 Å². The fourth-order valence-electron chi connectivity index (χ4n) is 4.61. The second kappa shape index (κ2) is 7.18. The molecule has 0 saturated heterocycles. The van der Waals surface area contributed by atoms with Gasteiger partial charge in [0, 0.05) is 30.2 Å². The number of benzene rings is 1. The van der Waals surface area contributed by atoms with Crippen molar-refractivity contribution in [3.8, 4) is 0 Å². The van der Waals surface area contributed by atoms with Gasteiger partial charge in [-0.25, -0.2) is 4.79 Å². The molecule has 0 spiro atoms. The molecule has 1 aliphatic carbocycles. The van der Waals surface area contributed by atoms with Crippen molar-refractivity contribution in [1.29, 1.82) is 0 Å². The zero-order chi connectivity index (χ0) is 18.1. The van der Waals surface area contributed by atoms with Gasteiger partial charge in [0.15, 0.2) is 0 Å². The Kier molecular flexibility index (Phi) is 4.75. The SMILES string of the molecule is CCC[C@@H]1c2ccc(C)n2CCN1C(=O)Nc1cccc2c1CCCC2. The summed E-state index contributed by atoms with van der Waals surface area (Å²) in [5.41, 5.74) is 6.33. The van der Waals surface area contributed by atoms with E-state index in [1.807, 2.05) is 4.90 Å². The quantitative estimate of drug-likeness (QED) is 0.824. The molecule has 1 aromatic carbocycles. The fourth-order valence-corrected chi connectivity index (χ4v) is 4.61. The Bertz CT molecular complexity index is 808. The minimum absolute atomic E-state index is 0.0486. The summed E-state index contributed by atoms with van der Waals surface area (Å²) in [5.74, 6) is 0. The van der Waals surface area contributed by atoms with Crippen LogP contribution in [-0.4, -0.2) is 22.0 Å². The lowest BCUT2D eigenvalue weighted by atomic mass is 9.90. The molecule has 2 amide bonds. The van der Waals surface area contributed by atoms with Crippen LogP contribution < -0.4 is 5.32 Å². The van der Waals surface area contributed by atoms with Gasteiger partial charge in [0.25, 0.3) is 0 Å². The lowest BCUT2D eigenvalue weighted by Gasteiger charge is -2.37. The third-order valence-corrected chi connectivity index (χ3v) is 5.98. The van der Waals surface area contributed by atoms with Crippen molar-refractivity contribution in [2.45, 2.75) is 65.0 Å². The highest BCUT2D eigenvalue weighted by Crippen LogP contribution is 2.33. The second-order valence-corrected chi connectivity index (χ2v) is 7.63. The Labute approximate surface area is 156 Å². The van der Waals surface area contributed by atoms with Gasteiger partial charge in [0.2, 0.25) is 0 Å². The van der Waals surface area contributed by atoms with E-state index in [1.165, 1.54) is 35.4 Å². The van der Waals surface area contributed by atoms with Gasteiger partial charge in [-0.3, -0.25) is 0 Å². The molecule has 0 saturated carbocycles. The number of aromatic nitrogens is 1. The molecular formula is C22H29N3O. The number of nitrogens with zero attached hydrogens (tertiary/aromatic N) is 2. The van der Waals surface area contributed by atoms with Crippen LogP contribution in [0.3, 0.4) is 0 Å². The molecule has 26 heavy (non-hydrogen) atoms. The summed E-state index contributed by atoms with van der Waals surface area (Å²) in [6, 6.07) is 10.9. The maximum absolute atomic E-state index is 13.2. The molecule has 0 unspecified atom stereocenters. The highest BCUT2D eigenvalue weighted by atomic mass is 16.2. The molecule has 4 nitrogen and oxygen atoms in total. The molecule has 1 aromatic heterocycles. The third kappa shape index (κ3) is 3.02. The van der Waals surface area contributed by atoms with Gasteiger partial charge in [0.1, 0.15) is 0 Å². The van der Waals surface area contributed by atoms with Crippen molar-refractivity contribution < 1.29 is 4.79 Å². The predicted octanol–water partition coefficient (Wildman–Crippen LogP) is 5.06. The molecular weight excluding hydrogens is 322 g/mol. The summed E-state index contributed by atoms with van der Waals surface area (Å²) in [6.45, 7) is 6.00. The van der Waals surface area contributed by atoms with E-state index in [2.05, 4.69) is 54.1 Å². The molecule has 2 aliphatic rings. The van der Waals surface area contributed by atoms with Crippen LogP contribution in [0.4, 0.5) is 10.5 Å². The zero-order valence-corrected chi connectivity index (χ0v) is 15.9. The normalized spacial score (nSPS) is 19.0. The van der Waals surface area contributed by atoms with E-state index in [4.69, 9.17) is 0 Å². The fraction of sp³-hybridized carbons (Fsp3) is 0.500. The Balaban J connectivity index is 1.58. The number of carbonyl (C=O) groups excluding carboxylic acids is 1. The first-order chi connectivity index (χ1) is 12.7. The minimum Gasteiger partial charge on any atom is -0.345 e. The summed E-state index contributed by atoms with van der Waals surface area (Å²) in [4.78, 5) is 15.2. The van der Waals surface area contributed by atoms with Crippen molar-refractivity contribution in [2.75, 3.05) is 11.9 Å². The van der Waals surface area contributed by atoms with Crippen LogP contribution in [0.1, 0.15) is 61.2 Å². The van der Waals surface area contributed by atoms with Gasteiger partial charge in [-0.2, -0.15) is 0 Å². The number of nitrogens with one attached hydrogen (secondary N) is 1. The van der Waals surface area contributed by atoms with Crippen molar-refractivity contribution >= 4 is 11.7 Å². The summed E-state index contributed by atoms with van der Waals surface area (Å²) >= 11 is 0. The van der Waals surface area contributed by atoms with Crippen molar-refractivity contribution in [3.05, 3.63) is 52.8 Å². The predicted molar refractivity (Wildman–Crippen MR) is 106 cm³/mol. The number of hydrogen-bond donors (Lipinski definition) is 1. The molecule has 2 heterocycles. The molecule has 1 atom stereocenters. The van der Waals surface area contributed by atoms with Gasteiger partial charge in [-0.05, 0) is 68.4 Å². The van der Waals surface area contributed by atoms with Crippen LogP contribution in [0, 0.1) is 6.92 Å². The largest absolute Gasteiger partial charge is 0.345 e. The van der Waals surface area contributed by atoms with Gasteiger partial charge in [0.05, 0.1) is 6.04 Å². The molecule has 1 N–H and O–H groups in total. The van der Waals surface area contributed by atoms with Gasteiger partial charge in [-0.1, -0.05) is 25.5 Å². The molecule has 1 aliphatic heterocycles. The van der Waals surface area contributed by atoms with Gasteiger partial charge < -0.3 is 14.8 Å². The molecule has 4 rings (SSSR count). The standard InChI is InChI=1S/C22H29N3O/c1-3-7-20-21-13-12-16(2)24(21)14-15-25(20)22(26)23-19-11-6-9-17-8-4-5-10-18(17)19/h6,9,11-13,20H,3-5,7-8,10,14-15H2,1-2H3,(H,23,26)/t20-/m1/s1. The first-order valence-corrected chi connectivity index (χ1v) is 10.0. The summed E-state index contributed by atoms with van der Waals surface area (Å²) in [5, 5.41) is 3.24. The van der Waals surface area contributed by atoms with Crippen molar-refractivity contribution in [3.63, 3.8) is 0 Å². The molecule has 2 aromatic rings. The second-order valence-electron chi connectivity index (χ2n) is 7.63. The van der Waals surface area contributed by atoms with E-state index in [0.717, 1.165) is 44.5 Å². The Hall–Kier alpha value is -2.23. The summed E-state index contributed by atoms with van der Waals surface area (Å²) in [6.07, 6.45) is 6.75. The lowest BCUT2D eigenvalue weighted by molar-refractivity contribution is 0.162. The van der Waals surface area contributed by atoms with Gasteiger partial charge in [-0.15, -0.1) is 0 Å². The number of aryl methyl sites for hydroxylation is 2. The van der Waals surface area contributed by atoms with E-state index >= 15 is 0 Å². The van der Waals surface area contributed by atoms with E-state index in [9.17, 15) is 4.79 Å². The van der Waals surface area contributed by atoms with Crippen LogP contribution >= 0.6 is 0 Å². The Morgan fingerprint density at radius 1 is 1.15 bits per heavy atom. The Morgan fingerprint density at radius 3 is 2.85 bits per heavy atom. The maximum atomic E-state index is 13.2. The van der Waals surface area contributed by atoms with Gasteiger partial charge >= 0.3 is 6.03 Å². The topological polar surface area (TPSA) is 37.3 Å². The molecule has 0 bridgehead atoms.